The van der Waals surface area contributed by atoms with Gasteiger partial charge in [-0.05, 0) is 60.0 Å². The summed E-state index contributed by atoms with van der Waals surface area (Å²) in [6.07, 6.45) is 4.07. The Morgan fingerprint density at radius 2 is 1.91 bits per heavy atom. The predicted octanol–water partition coefficient (Wildman–Crippen LogP) is 4.63. The largest absolute Gasteiger partial charge is 0.507 e. The van der Waals surface area contributed by atoms with Gasteiger partial charge in [0.25, 0.3) is 11.7 Å². The lowest BCUT2D eigenvalue weighted by molar-refractivity contribution is -0.140. The fourth-order valence-electron chi connectivity index (χ4n) is 3.84. The first kappa shape index (κ1) is 22.2. The zero-order valence-corrected chi connectivity index (χ0v) is 18.1. The highest BCUT2D eigenvalue weighted by Crippen LogP contribution is 2.41. The predicted molar refractivity (Wildman–Crippen MR) is 121 cm³/mol. The van der Waals surface area contributed by atoms with E-state index in [0.717, 1.165) is 12.0 Å². The van der Waals surface area contributed by atoms with E-state index in [1.807, 2.05) is 13.0 Å². The monoisotopic (exact) mass is 446 g/mol. The van der Waals surface area contributed by atoms with Crippen LogP contribution in [0.2, 0.25) is 0 Å². The van der Waals surface area contributed by atoms with E-state index < -0.39 is 23.5 Å². The first-order chi connectivity index (χ1) is 16.0. The molecule has 1 aliphatic heterocycles. The van der Waals surface area contributed by atoms with Crippen molar-refractivity contribution in [3.63, 3.8) is 0 Å². The molecule has 33 heavy (non-hydrogen) atoms. The van der Waals surface area contributed by atoms with Crippen LogP contribution in [-0.2, 0) is 16.1 Å². The van der Waals surface area contributed by atoms with Gasteiger partial charge in [-0.15, -0.1) is 0 Å². The van der Waals surface area contributed by atoms with Crippen LogP contribution < -0.4 is 4.74 Å². The van der Waals surface area contributed by atoms with Gasteiger partial charge < -0.3 is 14.7 Å². The number of ether oxygens (including phenoxy) is 1. The highest BCUT2D eigenvalue weighted by Gasteiger charge is 2.46. The summed E-state index contributed by atoms with van der Waals surface area (Å²) in [4.78, 5) is 31.7. The molecule has 4 rings (SSSR count). The Morgan fingerprint density at radius 3 is 2.61 bits per heavy atom. The van der Waals surface area contributed by atoms with Crippen LogP contribution in [0.1, 0.15) is 36.1 Å². The van der Waals surface area contributed by atoms with Crippen LogP contribution >= 0.6 is 0 Å². The molecule has 3 aromatic rings. The van der Waals surface area contributed by atoms with Gasteiger partial charge in [-0.2, -0.15) is 0 Å². The van der Waals surface area contributed by atoms with Gasteiger partial charge >= 0.3 is 0 Å². The molecule has 7 heteroatoms. The fraction of sp³-hybridized carbons (Fsp3) is 0.192. The first-order valence-electron chi connectivity index (χ1n) is 10.7. The van der Waals surface area contributed by atoms with Crippen LogP contribution in [0.4, 0.5) is 4.39 Å². The number of rotatable bonds is 7. The molecule has 1 atom stereocenters. The number of hydrogen-bond acceptors (Lipinski definition) is 5. The summed E-state index contributed by atoms with van der Waals surface area (Å²) in [5, 5.41) is 11.0. The number of benzene rings is 2. The van der Waals surface area contributed by atoms with Crippen LogP contribution in [0.15, 0.2) is 78.6 Å². The molecular weight excluding hydrogens is 423 g/mol. The Bertz CT molecular complexity index is 1190. The third-order valence-corrected chi connectivity index (χ3v) is 5.38. The van der Waals surface area contributed by atoms with Gasteiger partial charge in [-0.25, -0.2) is 4.39 Å². The average molecular weight is 446 g/mol. The van der Waals surface area contributed by atoms with Gasteiger partial charge in [0.2, 0.25) is 0 Å². The maximum absolute atomic E-state index is 13.4. The molecule has 0 radical (unpaired) electrons. The van der Waals surface area contributed by atoms with E-state index in [1.165, 1.54) is 29.2 Å². The molecule has 6 nitrogen and oxygen atoms in total. The van der Waals surface area contributed by atoms with Crippen LogP contribution in [0.25, 0.3) is 5.76 Å². The van der Waals surface area contributed by atoms with Gasteiger partial charge in [0.05, 0.1) is 18.2 Å². The second-order valence-electron chi connectivity index (χ2n) is 7.72. The molecule has 1 fully saturated rings. The number of aliphatic hydroxyl groups excluding tert-OH is 1. The number of pyridine rings is 1. The van der Waals surface area contributed by atoms with E-state index in [-0.39, 0.29) is 23.4 Å². The maximum Gasteiger partial charge on any atom is 0.295 e. The van der Waals surface area contributed by atoms with Crippen LogP contribution in [0, 0.1) is 5.82 Å². The number of Topliss-reactive ketones (excluding diaryl/α,β-unsaturated/α-hetero) is 1. The highest BCUT2D eigenvalue weighted by molar-refractivity contribution is 6.46. The van der Waals surface area contributed by atoms with Crippen molar-refractivity contribution in [2.45, 2.75) is 25.9 Å². The van der Waals surface area contributed by atoms with Gasteiger partial charge in [-0.3, -0.25) is 14.6 Å². The minimum absolute atomic E-state index is 0.0526. The highest BCUT2D eigenvalue weighted by atomic mass is 19.1. The Morgan fingerprint density at radius 1 is 1.12 bits per heavy atom. The Kier molecular flexibility index (Phi) is 6.49. The first-order valence-corrected chi connectivity index (χ1v) is 10.7. The number of likely N-dealkylation sites (tertiary alicyclic amines) is 1. The van der Waals surface area contributed by atoms with E-state index in [1.54, 1.807) is 42.7 Å². The molecule has 0 spiro atoms. The van der Waals surface area contributed by atoms with E-state index in [2.05, 4.69) is 4.98 Å². The van der Waals surface area contributed by atoms with Crippen LogP contribution in [0.3, 0.4) is 0 Å². The van der Waals surface area contributed by atoms with E-state index in [4.69, 9.17) is 4.74 Å². The third kappa shape index (κ3) is 4.62. The van der Waals surface area contributed by atoms with Crippen molar-refractivity contribution in [2.24, 2.45) is 0 Å². The number of aliphatic hydroxyl groups is 1. The minimum atomic E-state index is -0.847. The summed E-state index contributed by atoms with van der Waals surface area (Å²) in [6.45, 7) is 2.65. The van der Waals surface area contributed by atoms with Crippen molar-refractivity contribution < 1.29 is 23.8 Å². The number of carbonyl (C=O) groups excluding carboxylic acids is 2. The maximum atomic E-state index is 13.4. The number of ketones is 1. The van der Waals surface area contributed by atoms with E-state index in [0.29, 0.717) is 17.9 Å². The van der Waals surface area contributed by atoms with E-state index in [9.17, 15) is 19.1 Å². The van der Waals surface area contributed by atoms with Crippen LogP contribution in [-0.4, -0.2) is 33.3 Å². The number of carbonyl (C=O) groups is 2. The summed E-state index contributed by atoms with van der Waals surface area (Å²) >= 11 is 0. The molecule has 1 aromatic heterocycles. The lowest BCUT2D eigenvalue weighted by Crippen LogP contribution is -2.29. The lowest BCUT2D eigenvalue weighted by Gasteiger charge is -2.25. The molecule has 0 saturated carbocycles. The molecule has 168 valence electrons. The minimum Gasteiger partial charge on any atom is -0.507 e. The smallest absolute Gasteiger partial charge is 0.295 e. The van der Waals surface area contributed by atoms with Gasteiger partial charge in [0.1, 0.15) is 17.3 Å². The Balaban J connectivity index is 1.84. The molecule has 1 N–H and O–H groups in total. The second-order valence-corrected chi connectivity index (χ2v) is 7.72. The van der Waals surface area contributed by atoms with Gasteiger partial charge in [0, 0.05) is 24.5 Å². The third-order valence-electron chi connectivity index (χ3n) is 5.38. The topological polar surface area (TPSA) is 79.7 Å². The molecule has 1 amide bonds. The number of hydrogen-bond donors (Lipinski definition) is 1. The summed E-state index contributed by atoms with van der Waals surface area (Å²) in [7, 11) is 0. The number of aromatic nitrogens is 1. The molecule has 1 aliphatic rings. The standard InChI is InChI=1S/C26H23FN2O4/c1-2-13-33-21-7-3-6-19(14-21)23-22(24(30)18-8-10-20(27)11-9-18)25(31)26(32)29(23)16-17-5-4-12-28-15-17/h3-12,14-15,23,30H,2,13,16H2,1H3/b24-22+/t23-/m0/s1. The van der Waals surface area contributed by atoms with Gasteiger partial charge in [0.15, 0.2) is 0 Å². The van der Waals surface area contributed by atoms with Crippen molar-refractivity contribution in [1.82, 2.24) is 9.88 Å². The molecule has 1 saturated heterocycles. The van der Waals surface area contributed by atoms with Crippen molar-refractivity contribution >= 4 is 17.4 Å². The zero-order chi connectivity index (χ0) is 23.4. The molecule has 2 aromatic carbocycles. The van der Waals surface area contributed by atoms with Crippen molar-refractivity contribution in [3.8, 4) is 5.75 Å². The summed E-state index contributed by atoms with van der Waals surface area (Å²) < 4.78 is 19.1. The van der Waals surface area contributed by atoms with Crippen molar-refractivity contribution in [3.05, 3.63) is 101 Å². The molecule has 0 aliphatic carbocycles. The quantitative estimate of drug-likeness (QED) is 0.325. The molecular formula is C26H23FN2O4. The zero-order valence-electron chi connectivity index (χ0n) is 18.1. The van der Waals surface area contributed by atoms with Crippen LogP contribution in [0.5, 0.6) is 5.75 Å². The lowest BCUT2D eigenvalue weighted by atomic mass is 9.95. The van der Waals surface area contributed by atoms with Crippen molar-refractivity contribution in [2.75, 3.05) is 6.61 Å². The van der Waals surface area contributed by atoms with Gasteiger partial charge in [-0.1, -0.05) is 25.1 Å². The summed E-state index contributed by atoms with van der Waals surface area (Å²) in [5.74, 6) is -1.76. The number of halogens is 1. The number of nitrogens with zero attached hydrogens (tertiary/aromatic N) is 2. The fourth-order valence-corrected chi connectivity index (χ4v) is 3.84. The SMILES string of the molecule is CCCOc1cccc([C@H]2/C(=C(\O)c3ccc(F)cc3)C(=O)C(=O)N2Cc2cccnc2)c1. The summed E-state index contributed by atoms with van der Waals surface area (Å²) in [5.41, 5.74) is 1.56. The molecule has 0 unspecified atom stereocenters. The average Bonchev–Trinajstić information content (AvgIpc) is 3.08. The Labute approximate surface area is 191 Å². The normalized spacial score (nSPS) is 17.4. The van der Waals surface area contributed by atoms with E-state index >= 15 is 0 Å². The van der Waals surface area contributed by atoms with Crippen molar-refractivity contribution in [1.29, 1.82) is 0 Å². The molecule has 0 bridgehead atoms. The Hall–Kier alpha value is -4.00. The number of amides is 1. The summed E-state index contributed by atoms with van der Waals surface area (Å²) in [6, 6.07) is 15.0. The second kappa shape index (κ2) is 9.65. The molecule has 2 heterocycles.